The Balaban J connectivity index is 0.765. The predicted molar refractivity (Wildman–Crippen MR) is 468 cm³/mol. The van der Waals surface area contributed by atoms with Crippen LogP contribution in [0.25, 0.3) is 187 Å². The summed E-state index contributed by atoms with van der Waals surface area (Å²) in [4.78, 5) is 0. The second-order valence-corrected chi connectivity index (χ2v) is 33.8. The highest BCUT2D eigenvalue weighted by atomic mass is 14.4. The second-order valence-electron chi connectivity index (χ2n) is 33.8. The Morgan fingerprint density at radius 3 is 0.518 bits per heavy atom. The van der Waals surface area contributed by atoms with Gasteiger partial charge in [-0.1, -0.05) is 322 Å². The van der Waals surface area contributed by atoms with E-state index in [1.54, 1.807) is 0 Å². The van der Waals surface area contributed by atoms with Crippen LogP contribution < -0.4 is 0 Å². The van der Waals surface area contributed by atoms with Crippen LogP contribution in [0.15, 0.2) is 340 Å². The van der Waals surface area contributed by atoms with E-state index in [1.165, 1.54) is 232 Å². The maximum atomic E-state index is 2.53. The summed E-state index contributed by atoms with van der Waals surface area (Å²) in [5.41, 5.74) is 40.6. The highest BCUT2D eigenvalue weighted by Gasteiger charge is 2.39. The summed E-state index contributed by atoms with van der Waals surface area (Å²) in [6.07, 6.45) is 0. The third-order valence-corrected chi connectivity index (χ3v) is 26.4. The third-order valence-electron chi connectivity index (χ3n) is 26.4. The van der Waals surface area contributed by atoms with Crippen LogP contribution in [0.3, 0.4) is 0 Å². The lowest BCUT2D eigenvalue weighted by Gasteiger charge is -2.22. The quantitative estimate of drug-likeness (QED) is 0.133. The van der Waals surface area contributed by atoms with Gasteiger partial charge in [0.15, 0.2) is 0 Å². The van der Waals surface area contributed by atoms with Gasteiger partial charge in [-0.15, -0.1) is 0 Å². The Bertz CT molecular complexity index is 6230. The topological polar surface area (TPSA) is 0 Å². The molecule has 520 valence electrons. The zero-order valence-electron chi connectivity index (χ0n) is 63.3. The monoisotopic (exact) mass is 1400 g/mol. The molecule has 4 aliphatic rings. The van der Waals surface area contributed by atoms with E-state index in [2.05, 4.69) is 395 Å². The highest BCUT2D eigenvalue weighted by Crippen LogP contribution is 2.56. The molecule has 0 aliphatic heterocycles. The van der Waals surface area contributed by atoms with Crippen molar-refractivity contribution in [2.75, 3.05) is 0 Å². The number of hydrogen-bond acceptors (Lipinski definition) is 0. The predicted octanol–water partition coefficient (Wildman–Crippen LogP) is 30.0. The van der Waals surface area contributed by atoms with Crippen LogP contribution in [0.2, 0.25) is 0 Å². The molecule has 0 amide bonds. The first-order chi connectivity index (χ1) is 53.5. The maximum absolute atomic E-state index is 2.53. The zero-order chi connectivity index (χ0) is 73.8. The van der Waals surface area contributed by atoms with Crippen LogP contribution >= 0.6 is 0 Å². The van der Waals surface area contributed by atoms with E-state index in [0.29, 0.717) is 0 Å². The number of benzene rings is 18. The molecule has 0 saturated carbocycles. The maximum Gasteiger partial charge on any atom is 0.0159 e. The minimum Gasteiger partial charge on any atom is -0.0619 e. The van der Waals surface area contributed by atoms with E-state index < -0.39 is 0 Å². The van der Waals surface area contributed by atoms with Crippen molar-refractivity contribution in [3.63, 3.8) is 0 Å². The minimum atomic E-state index is -0.109. The molecule has 110 heavy (non-hydrogen) atoms. The lowest BCUT2D eigenvalue weighted by molar-refractivity contribution is 0.660. The standard InChI is InChI=1S/C110H80/c1-107(2)97-33-13-9-29-85(97)89-49-41-77(61-101(89)107)69-25-17-21-65(53-69)73-37-45-81-82-46-38-75(67-23-19-27-71(55-67)79-43-51-91-87-31-11-15-35-99(87)109(5,6)103(91)63-79)59-95(82)106-96-60-76(68-24-20-28-72(56-68)80-44-52-92-88-32-12-16-36-100(88)110(7,8)104(92)64-80)40-48-84(96)83-47-39-74(58-94(83)105(106)93(81)57-73)66-22-18-26-70(54-66)78-42-50-90-86-30-10-14-34-98(86)108(3,4)102(90)62-78/h9-64H,1-8H3. The molecule has 18 aromatic rings. The SMILES string of the molecule is CC1(C)c2ccccc2-c2ccc(-c3cccc(-c4ccc5c6ccc(-c7cccc(-c8ccc9c(c8)C(C)(C)c8ccccc8-9)c7)cc6c6c7cc(-c8cccc(-c9ccc%10c(c9)C(C)(C)c9ccccc9-%10)c8)ccc7c7ccc(-c8cccc(-c9ccc%10c(c9)C(C)(C)c9ccccc9-%10)c8)cc7c6c5c4)c3)cc21. The van der Waals surface area contributed by atoms with Gasteiger partial charge in [-0.05, 0) is 305 Å². The molecule has 0 spiro atoms. The van der Waals surface area contributed by atoms with E-state index in [1.807, 2.05) is 0 Å². The fourth-order valence-electron chi connectivity index (χ4n) is 20.5. The molecule has 0 radical (unpaired) electrons. The first-order valence-electron chi connectivity index (χ1n) is 39.2. The molecule has 0 aromatic heterocycles. The Labute approximate surface area is 644 Å². The molecule has 0 N–H and O–H groups in total. The molecular weight excluding hydrogens is 1320 g/mol. The van der Waals surface area contributed by atoms with Crippen LogP contribution in [0, 0.1) is 0 Å². The van der Waals surface area contributed by atoms with Gasteiger partial charge in [0, 0.05) is 21.7 Å². The van der Waals surface area contributed by atoms with Gasteiger partial charge in [0.1, 0.15) is 0 Å². The summed E-state index contributed by atoms with van der Waals surface area (Å²) in [5, 5.41) is 12.4. The lowest BCUT2D eigenvalue weighted by atomic mass is 9.81. The molecule has 0 atom stereocenters. The smallest absolute Gasteiger partial charge is 0.0159 e. The molecule has 0 bridgehead atoms. The van der Waals surface area contributed by atoms with Gasteiger partial charge in [-0.25, -0.2) is 0 Å². The van der Waals surface area contributed by atoms with Gasteiger partial charge in [0.25, 0.3) is 0 Å². The second kappa shape index (κ2) is 23.4. The first kappa shape index (κ1) is 64.4. The average molecular weight is 1400 g/mol. The molecule has 0 heterocycles. The Hall–Kier alpha value is -12.7. The van der Waals surface area contributed by atoms with Crippen LogP contribution in [-0.4, -0.2) is 0 Å². The van der Waals surface area contributed by atoms with Gasteiger partial charge in [-0.2, -0.15) is 0 Å². The zero-order valence-corrected chi connectivity index (χ0v) is 63.3. The van der Waals surface area contributed by atoms with Gasteiger partial charge in [0.2, 0.25) is 0 Å². The summed E-state index contributed by atoms with van der Waals surface area (Å²) in [6, 6.07) is 131. The van der Waals surface area contributed by atoms with Crippen LogP contribution in [0.4, 0.5) is 0 Å². The number of rotatable bonds is 8. The van der Waals surface area contributed by atoms with E-state index in [9.17, 15) is 0 Å². The summed E-state index contributed by atoms with van der Waals surface area (Å²) >= 11 is 0. The molecule has 0 saturated heterocycles. The molecule has 0 heteroatoms. The van der Waals surface area contributed by atoms with Gasteiger partial charge < -0.3 is 0 Å². The normalized spacial score (nSPS) is 14.7. The van der Waals surface area contributed by atoms with Crippen molar-refractivity contribution in [1.29, 1.82) is 0 Å². The fraction of sp³-hybridized carbons (Fsp3) is 0.109. The molecule has 22 rings (SSSR count). The summed E-state index contributed by atoms with van der Waals surface area (Å²) in [5.74, 6) is 0. The van der Waals surface area contributed by atoms with Crippen molar-refractivity contribution < 1.29 is 0 Å². The Kier molecular flexibility index (Phi) is 13.7. The minimum absolute atomic E-state index is 0.109. The highest BCUT2D eigenvalue weighted by molar-refractivity contribution is 6.40. The largest absolute Gasteiger partial charge is 0.0619 e. The van der Waals surface area contributed by atoms with E-state index >= 15 is 0 Å². The van der Waals surface area contributed by atoms with Gasteiger partial charge in [0.05, 0.1) is 0 Å². The number of hydrogen-bond donors (Lipinski definition) is 0. The van der Waals surface area contributed by atoms with Crippen LogP contribution in [0.1, 0.15) is 99.9 Å². The summed E-state index contributed by atoms with van der Waals surface area (Å²) in [6.45, 7) is 19.0. The number of fused-ring (bicyclic) bond motifs is 23. The van der Waals surface area contributed by atoms with Crippen molar-refractivity contribution in [3.05, 3.63) is 384 Å². The lowest BCUT2D eigenvalue weighted by Crippen LogP contribution is -2.14. The van der Waals surface area contributed by atoms with Gasteiger partial charge >= 0.3 is 0 Å². The molecular formula is C110H80. The van der Waals surface area contributed by atoms with Crippen molar-refractivity contribution in [3.8, 4) is 134 Å². The fourth-order valence-corrected chi connectivity index (χ4v) is 20.5. The third kappa shape index (κ3) is 9.45. The summed E-state index contributed by atoms with van der Waals surface area (Å²) < 4.78 is 0. The van der Waals surface area contributed by atoms with E-state index in [0.717, 1.165) is 0 Å². The van der Waals surface area contributed by atoms with Crippen molar-refractivity contribution in [2.45, 2.75) is 77.0 Å². The first-order valence-corrected chi connectivity index (χ1v) is 39.2. The molecule has 4 aliphatic carbocycles. The van der Waals surface area contributed by atoms with Crippen LogP contribution in [0.5, 0.6) is 0 Å². The molecule has 0 fully saturated rings. The average Bonchev–Trinajstić information content (AvgIpc) is 1.25. The Morgan fingerprint density at radius 2 is 0.300 bits per heavy atom. The van der Waals surface area contributed by atoms with Crippen molar-refractivity contribution in [1.82, 2.24) is 0 Å². The van der Waals surface area contributed by atoms with Crippen molar-refractivity contribution in [2.24, 2.45) is 0 Å². The Morgan fingerprint density at radius 1 is 0.127 bits per heavy atom. The van der Waals surface area contributed by atoms with Crippen molar-refractivity contribution >= 4 is 53.9 Å². The molecule has 0 unspecified atom stereocenters. The molecule has 0 nitrogen and oxygen atoms in total. The van der Waals surface area contributed by atoms with E-state index in [-0.39, 0.29) is 21.7 Å². The van der Waals surface area contributed by atoms with Gasteiger partial charge in [-0.3, -0.25) is 0 Å². The van der Waals surface area contributed by atoms with E-state index in [4.69, 9.17) is 0 Å². The molecule has 18 aromatic carbocycles. The summed E-state index contributed by atoms with van der Waals surface area (Å²) in [7, 11) is 0. The van der Waals surface area contributed by atoms with Crippen LogP contribution in [-0.2, 0) is 21.7 Å².